The van der Waals surface area contributed by atoms with Crippen LogP contribution >= 0.6 is 0 Å². The summed E-state index contributed by atoms with van der Waals surface area (Å²) in [4.78, 5) is 40.8. The van der Waals surface area contributed by atoms with E-state index in [9.17, 15) is 14.4 Å². The van der Waals surface area contributed by atoms with Crippen LogP contribution in [0.4, 0.5) is 11.5 Å². The Morgan fingerprint density at radius 2 is 1.65 bits per heavy atom. The van der Waals surface area contributed by atoms with Crippen LogP contribution in [0, 0.1) is 0 Å². The van der Waals surface area contributed by atoms with Crippen molar-refractivity contribution in [3.05, 3.63) is 17.5 Å². The molecule has 0 radical (unpaired) electrons. The minimum absolute atomic E-state index is 0.0801. The summed E-state index contributed by atoms with van der Waals surface area (Å²) in [5.41, 5.74) is -0.345. The van der Waals surface area contributed by atoms with Gasteiger partial charge in [-0.3, -0.25) is 0 Å². The molecule has 0 bridgehead atoms. The van der Waals surface area contributed by atoms with Gasteiger partial charge in [-0.15, -0.1) is 0 Å². The van der Waals surface area contributed by atoms with E-state index in [1.54, 1.807) is 0 Å². The minimum Gasteiger partial charge on any atom is -0.465 e. The van der Waals surface area contributed by atoms with E-state index in [-0.39, 0.29) is 28.6 Å². The number of ether oxygens (including phenoxy) is 3. The molecule has 2 rings (SSSR count). The van der Waals surface area contributed by atoms with Crippen molar-refractivity contribution >= 4 is 35.1 Å². The molecule has 0 atom stereocenters. The molecule has 2 heterocycles. The molecule has 0 unspecified atom stereocenters. The zero-order chi connectivity index (χ0) is 17.1. The van der Waals surface area contributed by atoms with E-state index in [1.165, 1.54) is 25.3 Å². The molecule has 1 aliphatic heterocycles. The lowest BCUT2D eigenvalue weighted by Gasteiger charge is -2.12. The number of hydrogen-bond donors (Lipinski definition) is 0. The Morgan fingerprint density at radius 1 is 1.04 bits per heavy atom. The summed E-state index contributed by atoms with van der Waals surface area (Å²) in [7, 11) is 4.98. The minimum atomic E-state index is -0.870. The van der Waals surface area contributed by atoms with Crippen molar-refractivity contribution in [1.29, 1.82) is 0 Å². The van der Waals surface area contributed by atoms with Crippen LogP contribution in [0.2, 0.25) is 0 Å². The standard InChI is InChI=1S/C13H13N3O7/c1-16-5-6(11(17)20-2)7(12(18)21-3)14-10-8(16)9(23-15-10)13(19)22-4/h5H,1-4H3. The third-order valence-electron chi connectivity index (χ3n) is 2.95. The van der Waals surface area contributed by atoms with Crippen LogP contribution in [0.1, 0.15) is 10.6 Å². The zero-order valence-electron chi connectivity index (χ0n) is 12.8. The highest BCUT2D eigenvalue weighted by Gasteiger charge is 2.33. The van der Waals surface area contributed by atoms with Crippen molar-refractivity contribution in [1.82, 2.24) is 5.16 Å². The Bertz CT molecular complexity index is 732. The number of hydrogen-bond acceptors (Lipinski definition) is 10. The zero-order valence-corrected chi connectivity index (χ0v) is 12.8. The highest BCUT2D eigenvalue weighted by molar-refractivity contribution is 6.49. The number of fused-ring (bicyclic) bond motifs is 1. The molecule has 1 aromatic heterocycles. The first-order chi connectivity index (χ1) is 10.9. The van der Waals surface area contributed by atoms with E-state index in [2.05, 4.69) is 24.4 Å². The fourth-order valence-corrected chi connectivity index (χ4v) is 1.89. The first-order valence-electron chi connectivity index (χ1n) is 6.22. The van der Waals surface area contributed by atoms with Crippen LogP contribution in [0.5, 0.6) is 0 Å². The molecule has 1 aliphatic rings. The Labute approximate surface area is 130 Å². The third kappa shape index (κ3) is 2.78. The summed E-state index contributed by atoms with van der Waals surface area (Å²) < 4.78 is 18.7. The van der Waals surface area contributed by atoms with Gasteiger partial charge in [0.2, 0.25) is 5.82 Å². The van der Waals surface area contributed by atoms with E-state index in [0.717, 1.165) is 14.2 Å². The lowest BCUT2D eigenvalue weighted by molar-refractivity contribution is -0.137. The number of aliphatic imine (C=N–C) groups is 1. The molecule has 0 spiro atoms. The van der Waals surface area contributed by atoms with Gasteiger partial charge in [0.05, 0.1) is 21.3 Å². The van der Waals surface area contributed by atoms with Gasteiger partial charge in [-0.2, -0.15) is 0 Å². The van der Waals surface area contributed by atoms with Crippen molar-refractivity contribution in [3.8, 4) is 0 Å². The molecule has 0 N–H and O–H groups in total. The van der Waals surface area contributed by atoms with Gasteiger partial charge in [-0.25, -0.2) is 19.4 Å². The Morgan fingerprint density at radius 3 is 2.22 bits per heavy atom. The predicted octanol–water partition coefficient (Wildman–Crippen LogP) is 0.213. The Kier molecular flexibility index (Phi) is 4.44. The molecule has 0 saturated heterocycles. The Hall–Kier alpha value is -3.17. The number of esters is 3. The van der Waals surface area contributed by atoms with E-state index in [0.29, 0.717) is 0 Å². The maximum atomic E-state index is 11.9. The van der Waals surface area contributed by atoms with Crippen LogP contribution in [0.3, 0.4) is 0 Å². The van der Waals surface area contributed by atoms with Gasteiger partial charge in [0.15, 0.2) is 5.71 Å². The molecule has 23 heavy (non-hydrogen) atoms. The quantitative estimate of drug-likeness (QED) is 0.567. The van der Waals surface area contributed by atoms with E-state index >= 15 is 0 Å². The molecule has 0 aromatic carbocycles. The number of aromatic nitrogens is 1. The number of methoxy groups -OCH3 is 3. The maximum absolute atomic E-state index is 11.9. The molecule has 0 amide bonds. The van der Waals surface area contributed by atoms with Crippen LogP contribution in [0.15, 0.2) is 21.3 Å². The summed E-state index contributed by atoms with van der Waals surface area (Å²) in [5, 5.41) is 3.62. The normalized spacial score (nSPS) is 13.3. The summed E-state index contributed by atoms with van der Waals surface area (Å²) in [6.45, 7) is 0. The summed E-state index contributed by atoms with van der Waals surface area (Å²) >= 11 is 0. The van der Waals surface area contributed by atoms with E-state index < -0.39 is 17.9 Å². The van der Waals surface area contributed by atoms with Crippen molar-refractivity contribution in [3.63, 3.8) is 0 Å². The van der Waals surface area contributed by atoms with Gasteiger partial charge in [0.1, 0.15) is 11.3 Å². The van der Waals surface area contributed by atoms with Crippen LogP contribution in [0.25, 0.3) is 0 Å². The molecular formula is C13H13N3O7. The summed E-state index contributed by atoms with van der Waals surface area (Å²) in [5.74, 6) is -2.76. The molecule has 10 heteroatoms. The van der Waals surface area contributed by atoms with Crippen molar-refractivity contribution in [2.45, 2.75) is 0 Å². The SMILES string of the molecule is COC(=O)C1=CN(C)c2c(noc2C(=O)OC)N=C1C(=O)OC. The van der Waals surface area contributed by atoms with Gasteiger partial charge in [-0.1, -0.05) is 5.16 Å². The van der Waals surface area contributed by atoms with E-state index in [4.69, 9.17) is 4.52 Å². The van der Waals surface area contributed by atoms with Crippen LogP contribution in [-0.2, 0) is 23.8 Å². The first-order valence-corrected chi connectivity index (χ1v) is 6.22. The second-order valence-corrected chi connectivity index (χ2v) is 4.27. The van der Waals surface area contributed by atoms with Crippen molar-refractivity contribution in [2.75, 3.05) is 33.3 Å². The fraction of sp³-hybridized carbons (Fsp3) is 0.308. The molecule has 10 nitrogen and oxygen atoms in total. The average Bonchev–Trinajstić information content (AvgIpc) is 2.93. The van der Waals surface area contributed by atoms with Gasteiger partial charge in [0, 0.05) is 13.2 Å². The number of nitrogens with zero attached hydrogens (tertiary/aromatic N) is 3. The number of rotatable bonds is 3. The van der Waals surface area contributed by atoms with E-state index in [1.807, 2.05) is 0 Å². The lowest BCUT2D eigenvalue weighted by atomic mass is 10.1. The topological polar surface area (TPSA) is 121 Å². The molecule has 1 aromatic rings. The first kappa shape index (κ1) is 16.2. The average molecular weight is 323 g/mol. The Balaban J connectivity index is 2.67. The number of anilines is 1. The number of carbonyl (C=O) groups is 3. The third-order valence-corrected chi connectivity index (χ3v) is 2.95. The summed E-state index contributed by atoms with van der Waals surface area (Å²) in [6.07, 6.45) is 1.26. The molecule has 0 aliphatic carbocycles. The van der Waals surface area contributed by atoms with Gasteiger partial charge >= 0.3 is 17.9 Å². The van der Waals surface area contributed by atoms with Crippen molar-refractivity contribution in [2.24, 2.45) is 4.99 Å². The van der Waals surface area contributed by atoms with Gasteiger partial charge in [0.25, 0.3) is 5.76 Å². The van der Waals surface area contributed by atoms with Crippen LogP contribution in [-0.4, -0.2) is 57.2 Å². The van der Waals surface area contributed by atoms with Crippen molar-refractivity contribution < 1.29 is 33.1 Å². The van der Waals surface area contributed by atoms with Gasteiger partial charge < -0.3 is 23.6 Å². The highest BCUT2D eigenvalue weighted by atomic mass is 16.6. The second-order valence-electron chi connectivity index (χ2n) is 4.27. The molecule has 122 valence electrons. The predicted molar refractivity (Wildman–Crippen MR) is 75.5 cm³/mol. The maximum Gasteiger partial charge on any atom is 0.379 e. The second kappa shape index (κ2) is 6.30. The van der Waals surface area contributed by atoms with Crippen LogP contribution < -0.4 is 4.90 Å². The largest absolute Gasteiger partial charge is 0.465 e. The monoisotopic (exact) mass is 323 g/mol. The molecule has 0 saturated carbocycles. The smallest absolute Gasteiger partial charge is 0.379 e. The number of carbonyl (C=O) groups excluding carboxylic acids is 3. The van der Waals surface area contributed by atoms with Gasteiger partial charge in [-0.05, 0) is 0 Å². The fourth-order valence-electron chi connectivity index (χ4n) is 1.89. The molecule has 0 fully saturated rings. The lowest BCUT2D eigenvalue weighted by Crippen LogP contribution is -2.25. The molecular weight excluding hydrogens is 310 g/mol. The summed E-state index contributed by atoms with van der Waals surface area (Å²) in [6, 6.07) is 0. The highest BCUT2D eigenvalue weighted by Crippen LogP contribution is 2.35.